The zero-order chi connectivity index (χ0) is 8.55. The number of rotatable bonds is 1. The molecular weight excluding hydrogens is 221 g/mol. The average molecular weight is 234 g/mol. The van der Waals surface area contributed by atoms with Crippen molar-refractivity contribution in [1.29, 1.82) is 0 Å². The molecule has 78 valence electrons. The van der Waals surface area contributed by atoms with Gasteiger partial charge in [0.25, 0.3) is 0 Å². The van der Waals surface area contributed by atoms with Crippen molar-refractivity contribution in [3.8, 4) is 0 Å². The van der Waals surface area contributed by atoms with Crippen LogP contribution in [0.5, 0.6) is 0 Å². The number of halogens is 2. The maximum Gasteiger partial charge on any atom is 0.137 e. The molecule has 0 fully saturated rings. The summed E-state index contributed by atoms with van der Waals surface area (Å²) in [7, 11) is 0. The highest BCUT2D eigenvalue weighted by Crippen LogP contribution is 2.08. The summed E-state index contributed by atoms with van der Waals surface area (Å²) in [5, 5.41) is 0. The Morgan fingerprint density at radius 1 is 1.36 bits per heavy atom. The summed E-state index contributed by atoms with van der Waals surface area (Å²) in [6, 6.07) is 6.03. The zero-order valence-electron chi connectivity index (χ0n) is 7.80. The van der Waals surface area contributed by atoms with E-state index in [4.69, 9.17) is 5.73 Å². The van der Waals surface area contributed by atoms with E-state index in [-0.39, 0.29) is 24.8 Å². The summed E-state index contributed by atoms with van der Waals surface area (Å²) in [6.45, 7) is 2.58. The number of aromatic nitrogens is 2. The van der Waals surface area contributed by atoms with Crippen LogP contribution in [0.3, 0.4) is 0 Å². The lowest BCUT2D eigenvalue weighted by Crippen LogP contribution is -2.02. The first-order chi connectivity index (χ1) is 5.83. The number of nitrogens with two attached hydrogens (primary N) is 1. The van der Waals surface area contributed by atoms with Crippen molar-refractivity contribution in [2.24, 2.45) is 5.73 Å². The van der Waals surface area contributed by atoms with E-state index in [0.29, 0.717) is 6.54 Å². The van der Waals surface area contributed by atoms with Crippen molar-refractivity contribution < 1.29 is 0 Å². The van der Waals surface area contributed by atoms with Gasteiger partial charge in [-0.1, -0.05) is 6.07 Å². The Bertz CT molecular complexity index is 411. The minimum absolute atomic E-state index is 0. The third kappa shape index (κ3) is 2.00. The van der Waals surface area contributed by atoms with Crippen LogP contribution >= 0.6 is 24.8 Å². The predicted molar refractivity (Wildman–Crippen MR) is 62.3 cm³/mol. The second kappa shape index (κ2) is 5.20. The number of fused-ring (bicyclic) bond motifs is 1. The van der Waals surface area contributed by atoms with Crippen LogP contribution in [-0.4, -0.2) is 9.38 Å². The fourth-order valence-electron chi connectivity index (χ4n) is 1.42. The molecule has 2 heterocycles. The maximum atomic E-state index is 5.57. The fraction of sp³-hybridized carbons (Fsp3) is 0.222. The van der Waals surface area contributed by atoms with E-state index in [1.165, 1.54) is 5.69 Å². The largest absolute Gasteiger partial charge is 0.325 e. The van der Waals surface area contributed by atoms with E-state index in [1.807, 2.05) is 31.3 Å². The van der Waals surface area contributed by atoms with Crippen LogP contribution in [0.15, 0.2) is 24.4 Å². The van der Waals surface area contributed by atoms with Gasteiger partial charge < -0.3 is 10.1 Å². The summed E-state index contributed by atoms with van der Waals surface area (Å²) >= 11 is 0. The minimum Gasteiger partial charge on any atom is -0.325 e. The number of hydrogen-bond acceptors (Lipinski definition) is 2. The summed E-state index contributed by atoms with van der Waals surface area (Å²) in [5.41, 5.74) is 8.77. The van der Waals surface area contributed by atoms with E-state index >= 15 is 0 Å². The Labute approximate surface area is 95.1 Å². The summed E-state index contributed by atoms with van der Waals surface area (Å²) in [4.78, 5) is 4.23. The zero-order valence-corrected chi connectivity index (χ0v) is 9.44. The van der Waals surface area contributed by atoms with Crippen molar-refractivity contribution in [2.45, 2.75) is 13.5 Å². The quantitative estimate of drug-likeness (QED) is 0.819. The molecule has 3 nitrogen and oxygen atoms in total. The van der Waals surface area contributed by atoms with Gasteiger partial charge in [-0.15, -0.1) is 24.8 Å². The van der Waals surface area contributed by atoms with E-state index in [0.717, 1.165) is 11.3 Å². The van der Waals surface area contributed by atoms with E-state index in [2.05, 4.69) is 9.38 Å². The summed E-state index contributed by atoms with van der Waals surface area (Å²) < 4.78 is 2.07. The Balaban J connectivity index is 0.000000845. The molecule has 0 atom stereocenters. The number of nitrogens with zero attached hydrogens (tertiary/aromatic N) is 2. The summed E-state index contributed by atoms with van der Waals surface area (Å²) in [6.07, 6.45) is 1.82. The van der Waals surface area contributed by atoms with Gasteiger partial charge in [-0.25, -0.2) is 4.98 Å². The number of aryl methyl sites for hydroxylation is 1. The molecule has 0 aliphatic carbocycles. The summed E-state index contributed by atoms with van der Waals surface area (Å²) in [5.74, 6) is 0. The second-order valence-electron chi connectivity index (χ2n) is 2.81. The number of pyridine rings is 1. The van der Waals surface area contributed by atoms with E-state index in [9.17, 15) is 0 Å². The first kappa shape index (κ1) is 13.2. The molecule has 14 heavy (non-hydrogen) atoms. The first-order valence-corrected chi connectivity index (χ1v) is 3.95. The molecule has 0 amide bonds. The minimum atomic E-state index is 0. The van der Waals surface area contributed by atoms with Gasteiger partial charge in [0.05, 0.1) is 11.9 Å². The van der Waals surface area contributed by atoms with Crippen molar-refractivity contribution in [3.05, 3.63) is 35.8 Å². The normalized spacial score (nSPS) is 9.29. The van der Waals surface area contributed by atoms with Gasteiger partial charge in [0.2, 0.25) is 0 Å². The lowest BCUT2D eigenvalue weighted by molar-refractivity contribution is 0.933. The Morgan fingerprint density at radius 2 is 2.07 bits per heavy atom. The van der Waals surface area contributed by atoms with E-state index in [1.54, 1.807) is 0 Å². The lowest BCUT2D eigenvalue weighted by atomic mass is 10.3. The van der Waals surface area contributed by atoms with Gasteiger partial charge in [0.15, 0.2) is 0 Å². The SMILES string of the molecule is Cc1cccc2ncc(CN)n12.Cl.Cl. The Morgan fingerprint density at radius 3 is 2.71 bits per heavy atom. The third-order valence-corrected chi connectivity index (χ3v) is 2.01. The van der Waals surface area contributed by atoms with Crippen molar-refractivity contribution in [3.63, 3.8) is 0 Å². The molecule has 0 saturated heterocycles. The van der Waals surface area contributed by atoms with Crippen LogP contribution in [0.25, 0.3) is 5.65 Å². The first-order valence-electron chi connectivity index (χ1n) is 3.95. The molecule has 2 rings (SSSR count). The highest BCUT2D eigenvalue weighted by molar-refractivity contribution is 5.85. The average Bonchev–Trinajstić information content (AvgIpc) is 2.49. The molecule has 0 aliphatic heterocycles. The number of imidazole rings is 1. The van der Waals surface area contributed by atoms with Crippen LogP contribution in [-0.2, 0) is 6.54 Å². The molecule has 0 bridgehead atoms. The predicted octanol–water partition coefficient (Wildman–Crippen LogP) is 1.95. The highest BCUT2D eigenvalue weighted by atomic mass is 35.5. The number of hydrogen-bond donors (Lipinski definition) is 1. The van der Waals surface area contributed by atoms with Crippen LogP contribution in [0.2, 0.25) is 0 Å². The van der Waals surface area contributed by atoms with Gasteiger partial charge in [-0.2, -0.15) is 0 Å². The monoisotopic (exact) mass is 233 g/mol. The maximum absolute atomic E-state index is 5.57. The standard InChI is InChI=1S/C9H11N3.2ClH/c1-7-3-2-4-9-11-6-8(5-10)12(7)9;;/h2-4,6H,5,10H2,1H3;2*1H. The molecule has 5 heteroatoms. The van der Waals surface area contributed by atoms with Crippen LogP contribution < -0.4 is 5.73 Å². The topological polar surface area (TPSA) is 43.3 Å². The van der Waals surface area contributed by atoms with Gasteiger partial charge in [0.1, 0.15) is 5.65 Å². The third-order valence-electron chi connectivity index (χ3n) is 2.01. The Kier molecular flexibility index (Phi) is 4.91. The molecule has 2 N–H and O–H groups in total. The van der Waals surface area contributed by atoms with Gasteiger partial charge in [0, 0.05) is 12.2 Å². The molecule has 0 spiro atoms. The lowest BCUT2D eigenvalue weighted by Gasteiger charge is -2.01. The molecule has 0 unspecified atom stereocenters. The van der Waals surface area contributed by atoms with Crippen molar-refractivity contribution in [1.82, 2.24) is 9.38 Å². The molecule has 0 radical (unpaired) electrons. The fourth-order valence-corrected chi connectivity index (χ4v) is 1.42. The van der Waals surface area contributed by atoms with Crippen molar-refractivity contribution >= 4 is 30.5 Å². The molecule has 0 aliphatic rings. The van der Waals surface area contributed by atoms with Crippen molar-refractivity contribution in [2.75, 3.05) is 0 Å². The molecular formula is C9H13Cl2N3. The van der Waals surface area contributed by atoms with Gasteiger partial charge in [-0.3, -0.25) is 0 Å². The smallest absolute Gasteiger partial charge is 0.137 e. The molecule has 2 aromatic rings. The molecule has 2 aromatic heterocycles. The Hall–Kier alpha value is -0.770. The van der Waals surface area contributed by atoms with Gasteiger partial charge >= 0.3 is 0 Å². The molecule has 0 aromatic carbocycles. The van der Waals surface area contributed by atoms with Crippen LogP contribution in [0.4, 0.5) is 0 Å². The van der Waals surface area contributed by atoms with Crippen LogP contribution in [0.1, 0.15) is 11.4 Å². The molecule has 0 saturated carbocycles. The van der Waals surface area contributed by atoms with E-state index < -0.39 is 0 Å². The van der Waals surface area contributed by atoms with Crippen LogP contribution in [0, 0.1) is 6.92 Å². The van der Waals surface area contributed by atoms with Gasteiger partial charge in [-0.05, 0) is 19.1 Å². The second-order valence-corrected chi connectivity index (χ2v) is 2.81. The highest BCUT2D eigenvalue weighted by Gasteiger charge is 2.01.